The molecule has 2 aromatic rings. The average molecular weight is 470 g/mol. The maximum atomic E-state index is 14.0. The Bertz CT molecular complexity index is 1250. The minimum atomic E-state index is -1.20. The zero-order valence-corrected chi connectivity index (χ0v) is 19.1. The molecule has 3 fully saturated rings. The second kappa shape index (κ2) is 6.56. The van der Waals surface area contributed by atoms with Gasteiger partial charge in [-0.3, -0.25) is 19.3 Å². The molecule has 6 nitrogen and oxygen atoms in total. The van der Waals surface area contributed by atoms with E-state index in [-0.39, 0.29) is 23.8 Å². The van der Waals surface area contributed by atoms with Gasteiger partial charge in [0, 0.05) is 21.7 Å². The summed E-state index contributed by atoms with van der Waals surface area (Å²) in [7, 11) is 0. The van der Waals surface area contributed by atoms with E-state index in [1.807, 2.05) is 19.9 Å². The summed E-state index contributed by atoms with van der Waals surface area (Å²) in [5.74, 6) is -2.19. The van der Waals surface area contributed by atoms with Crippen molar-refractivity contribution in [2.75, 3.05) is 16.8 Å². The minimum Gasteiger partial charge on any atom is -0.324 e. The number of nitrogens with one attached hydrogen (secondary N) is 1. The van der Waals surface area contributed by atoms with Crippen molar-refractivity contribution >= 4 is 52.3 Å². The minimum absolute atomic E-state index is 0.159. The van der Waals surface area contributed by atoms with E-state index in [1.54, 1.807) is 24.3 Å². The fourth-order valence-electron chi connectivity index (χ4n) is 6.45. The molecular formula is C24H21Cl2N3O3. The van der Waals surface area contributed by atoms with Crippen molar-refractivity contribution in [1.29, 1.82) is 0 Å². The van der Waals surface area contributed by atoms with E-state index >= 15 is 0 Å². The normalized spacial score (nSPS) is 30.8. The Kier molecular flexibility index (Phi) is 4.15. The molecule has 0 bridgehead atoms. The average Bonchev–Trinajstić information content (AvgIpc) is 3.46. The van der Waals surface area contributed by atoms with Crippen molar-refractivity contribution in [2.45, 2.75) is 38.3 Å². The molecule has 0 unspecified atom stereocenters. The van der Waals surface area contributed by atoms with Crippen LogP contribution in [0.25, 0.3) is 0 Å². The van der Waals surface area contributed by atoms with Gasteiger partial charge in [-0.15, -0.1) is 0 Å². The molecule has 6 rings (SSSR count). The van der Waals surface area contributed by atoms with Crippen LogP contribution in [0, 0.1) is 25.7 Å². The van der Waals surface area contributed by atoms with Gasteiger partial charge in [-0.05, 0) is 62.6 Å². The van der Waals surface area contributed by atoms with Gasteiger partial charge < -0.3 is 5.32 Å². The summed E-state index contributed by atoms with van der Waals surface area (Å²) in [5, 5.41) is 4.01. The molecule has 4 aliphatic rings. The molecule has 8 heteroatoms. The van der Waals surface area contributed by atoms with E-state index in [0.717, 1.165) is 29.5 Å². The van der Waals surface area contributed by atoms with Gasteiger partial charge in [0.25, 0.3) is 0 Å². The van der Waals surface area contributed by atoms with Crippen LogP contribution in [-0.4, -0.2) is 35.2 Å². The van der Waals surface area contributed by atoms with Crippen LogP contribution < -0.4 is 10.2 Å². The Morgan fingerprint density at radius 2 is 1.84 bits per heavy atom. The topological polar surface area (TPSA) is 69.7 Å². The first-order chi connectivity index (χ1) is 15.3. The van der Waals surface area contributed by atoms with Crippen LogP contribution >= 0.6 is 23.2 Å². The number of anilines is 2. The van der Waals surface area contributed by atoms with Gasteiger partial charge in [-0.2, -0.15) is 0 Å². The Hall–Kier alpha value is -2.41. The smallest absolute Gasteiger partial charge is 0.250 e. The van der Waals surface area contributed by atoms with E-state index in [9.17, 15) is 14.4 Å². The lowest BCUT2D eigenvalue weighted by Crippen LogP contribution is -2.54. The maximum absolute atomic E-state index is 14.0. The summed E-state index contributed by atoms with van der Waals surface area (Å²) in [6, 6.07) is 8.64. The highest BCUT2D eigenvalue weighted by Crippen LogP contribution is 2.61. The summed E-state index contributed by atoms with van der Waals surface area (Å²) in [4.78, 5) is 44.8. The monoisotopic (exact) mass is 469 g/mol. The van der Waals surface area contributed by atoms with Gasteiger partial charge >= 0.3 is 0 Å². The van der Waals surface area contributed by atoms with E-state index in [2.05, 4.69) is 10.2 Å². The highest BCUT2D eigenvalue weighted by atomic mass is 35.5. The lowest BCUT2D eigenvalue weighted by molar-refractivity contribution is -0.135. The molecule has 1 N–H and O–H groups in total. The standard InChI is InChI=1S/C24H21Cl2N3O3/c1-11-5-6-13(25)10-17(11)29-21(30)18-16-4-3-9-28(16)24(19(18)22(29)31)14-7-8-15(26)12(2)20(14)27-23(24)32/h5-8,10,16,18-19H,3-4,9H2,1-2H3,(H,27,32)/t16-,18+,19-,24-/m0/s1. The van der Waals surface area contributed by atoms with Gasteiger partial charge in [0.2, 0.25) is 17.7 Å². The maximum Gasteiger partial charge on any atom is 0.250 e. The molecule has 4 heterocycles. The van der Waals surface area contributed by atoms with Crippen molar-refractivity contribution < 1.29 is 14.4 Å². The number of hydrogen-bond acceptors (Lipinski definition) is 4. The molecule has 164 valence electrons. The lowest BCUT2D eigenvalue weighted by Gasteiger charge is -2.36. The molecule has 0 radical (unpaired) electrons. The molecule has 0 saturated carbocycles. The summed E-state index contributed by atoms with van der Waals surface area (Å²) in [5.41, 5.74) is 2.25. The first-order valence-electron chi connectivity index (χ1n) is 10.8. The number of halogens is 2. The highest BCUT2D eigenvalue weighted by molar-refractivity contribution is 6.33. The second-order valence-corrected chi connectivity index (χ2v) is 10.0. The molecule has 0 aliphatic carbocycles. The summed E-state index contributed by atoms with van der Waals surface area (Å²) >= 11 is 12.5. The Morgan fingerprint density at radius 3 is 2.62 bits per heavy atom. The SMILES string of the molecule is Cc1ccc(Cl)cc1N1C(=O)[C@H]2[C@@H](C1=O)[C@@]1(C(=O)Nc3c1ccc(Cl)c3C)N1CCC[C@@H]21. The zero-order chi connectivity index (χ0) is 22.5. The summed E-state index contributed by atoms with van der Waals surface area (Å²) in [6.45, 7) is 4.38. The third kappa shape index (κ3) is 2.23. The molecule has 1 spiro atoms. The number of amides is 3. The van der Waals surface area contributed by atoms with E-state index < -0.39 is 17.4 Å². The Balaban J connectivity index is 1.58. The molecule has 0 aromatic heterocycles. The van der Waals surface area contributed by atoms with Crippen molar-refractivity contribution in [1.82, 2.24) is 4.90 Å². The molecule has 3 saturated heterocycles. The van der Waals surface area contributed by atoms with Crippen LogP contribution in [-0.2, 0) is 19.9 Å². The zero-order valence-electron chi connectivity index (χ0n) is 17.6. The molecule has 32 heavy (non-hydrogen) atoms. The number of imide groups is 1. The third-order valence-corrected chi connectivity index (χ3v) is 8.42. The number of rotatable bonds is 1. The van der Waals surface area contributed by atoms with Gasteiger partial charge in [0.1, 0.15) is 5.54 Å². The van der Waals surface area contributed by atoms with Crippen molar-refractivity contribution in [3.8, 4) is 0 Å². The second-order valence-electron chi connectivity index (χ2n) is 9.16. The number of fused-ring (bicyclic) bond motifs is 7. The number of benzene rings is 2. The molecular weight excluding hydrogens is 449 g/mol. The first kappa shape index (κ1) is 20.2. The highest BCUT2D eigenvalue weighted by Gasteiger charge is 2.74. The number of carbonyl (C=O) groups is 3. The number of nitrogens with zero attached hydrogens (tertiary/aromatic N) is 2. The fraction of sp³-hybridized carbons (Fsp3) is 0.375. The molecule has 4 aliphatic heterocycles. The quantitative estimate of drug-likeness (QED) is 0.639. The van der Waals surface area contributed by atoms with E-state index in [1.165, 1.54) is 4.90 Å². The third-order valence-electron chi connectivity index (χ3n) is 7.77. The summed E-state index contributed by atoms with van der Waals surface area (Å²) < 4.78 is 0. The van der Waals surface area contributed by atoms with Gasteiger partial charge in [-0.25, -0.2) is 4.90 Å². The van der Waals surface area contributed by atoms with Gasteiger partial charge in [-0.1, -0.05) is 35.3 Å². The van der Waals surface area contributed by atoms with Crippen LogP contribution in [0.1, 0.15) is 29.5 Å². The van der Waals surface area contributed by atoms with Crippen molar-refractivity contribution in [3.05, 3.63) is 57.1 Å². The van der Waals surface area contributed by atoms with Crippen molar-refractivity contribution in [2.24, 2.45) is 11.8 Å². The van der Waals surface area contributed by atoms with E-state index in [0.29, 0.717) is 28.0 Å². The van der Waals surface area contributed by atoms with Crippen LogP contribution in [0.4, 0.5) is 11.4 Å². The molecule has 3 amide bonds. The number of aryl methyl sites for hydroxylation is 1. The number of hydrogen-bond donors (Lipinski definition) is 1. The molecule has 4 atom stereocenters. The van der Waals surface area contributed by atoms with Gasteiger partial charge in [0.15, 0.2) is 0 Å². The van der Waals surface area contributed by atoms with Crippen LogP contribution in [0.5, 0.6) is 0 Å². The van der Waals surface area contributed by atoms with Crippen molar-refractivity contribution in [3.63, 3.8) is 0 Å². The Morgan fingerprint density at radius 1 is 1.06 bits per heavy atom. The van der Waals surface area contributed by atoms with Gasteiger partial charge in [0.05, 0.1) is 23.2 Å². The van der Waals surface area contributed by atoms with Crippen LogP contribution in [0.3, 0.4) is 0 Å². The largest absolute Gasteiger partial charge is 0.324 e. The fourth-order valence-corrected chi connectivity index (χ4v) is 6.78. The lowest BCUT2D eigenvalue weighted by atomic mass is 9.75. The van der Waals surface area contributed by atoms with Crippen LogP contribution in [0.2, 0.25) is 10.0 Å². The Labute approximate surface area is 195 Å². The summed E-state index contributed by atoms with van der Waals surface area (Å²) in [6.07, 6.45) is 1.65. The predicted molar refractivity (Wildman–Crippen MR) is 122 cm³/mol. The molecule has 2 aromatic carbocycles. The predicted octanol–water partition coefficient (Wildman–Crippen LogP) is 4.04. The first-order valence-corrected chi connectivity index (χ1v) is 11.6. The van der Waals surface area contributed by atoms with E-state index in [4.69, 9.17) is 23.2 Å². The number of carbonyl (C=O) groups excluding carboxylic acids is 3. The van der Waals surface area contributed by atoms with Crippen LogP contribution in [0.15, 0.2) is 30.3 Å².